The first-order valence-electron chi connectivity index (χ1n) is 8.16. The van der Waals surface area contributed by atoms with E-state index in [2.05, 4.69) is 10.6 Å². The highest BCUT2D eigenvalue weighted by molar-refractivity contribution is 7.52. The maximum atomic E-state index is 12.5. The molecule has 8 heteroatoms. The van der Waals surface area contributed by atoms with Gasteiger partial charge < -0.3 is 20.4 Å². The molecule has 0 spiro atoms. The maximum Gasteiger partial charge on any atom is 0.349 e. The van der Waals surface area contributed by atoms with Crippen LogP contribution >= 0.6 is 18.9 Å². The summed E-state index contributed by atoms with van der Waals surface area (Å²) in [5.74, 6) is -1.53. The predicted octanol–water partition coefficient (Wildman–Crippen LogP) is 2.00. The van der Waals surface area contributed by atoms with E-state index in [1.165, 1.54) is 21.8 Å². The SMILES string of the molecule is O=C(NC(C1CCCCN1)P(=O)(O)O)c1cc2c(s1)CCCC2. The highest BCUT2D eigenvalue weighted by atomic mass is 32.1. The molecule has 2 atom stereocenters. The van der Waals surface area contributed by atoms with Gasteiger partial charge in [0.15, 0.2) is 0 Å². The zero-order valence-electron chi connectivity index (χ0n) is 13.0. The number of hydrogen-bond donors (Lipinski definition) is 4. The molecular formula is C15H23N2O4PS. The molecule has 1 aromatic heterocycles. The minimum atomic E-state index is -4.42. The molecule has 1 aromatic rings. The second-order valence-corrected chi connectivity index (χ2v) is 9.20. The van der Waals surface area contributed by atoms with Gasteiger partial charge in [-0.2, -0.15) is 0 Å². The van der Waals surface area contributed by atoms with Crippen LogP contribution in [0.5, 0.6) is 0 Å². The maximum absolute atomic E-state index is 12.5. The molecule has 1 saturated heterocycles. The van der Waals surface area contributed by atoms with Gasteiger partial charge in [0.05, 0.1) is 4.88 Å². The summed E-state index contributed by atoms with van der Waals surface area (Å²) in [7, 11) is -4.42. The van der Waals surface area contributed by atoms with Crippen molar-refractivity contribution in [2.45, 2.75) is 56.8 Å². The Morgan fingerprint density at radius 3 is 2.74 bits per heavy atom. The largest absolute Gasteiger partial charge is 0.349 e. The molecule has 23 heavy (non-hydrogen) atoms. The van der Waals surface area contributed by atoms with Crippen molar-refractivity contribution < 1.29 is 19.1 Å². The molecule has 0 radical (unpaired) electrons. The van der Waals surface area contributed by atoms with E-state index in [9.17, 15) is 19.1 Å². The average Bonchev–Trinajstić information content (AvgIpc) is 2.96. The molecule has 2 unspecified atom stereocenters. The Morgan fingerprint density at radius 1 is 1.30 bits per heavy atom. The van der Waals surface area contributed by atoms with Gasteiger partial charge >= 0.3 is 7.60 Å². The molecular weight excluding hydrogens is 335 g/mol. The fraction of sp³-hybridized carbons (Fsp3) is 0.667. The lowest BCUT2D eigenvalue weighted by molar-refractivity contribution is 0.0936. The highest BCUT2D eigenvalue weighted by Crippen LogP contribution is 2.43. The lowest BCUT2D eigenvalue weighted by atomic mass is 9.99. The van der Waals surface area contributed by atoms with E-state index in [1.54, 1.807) is 0 Å². The Bertz CT molecular complexity index is 597. The molecule has 4 N–H and O–H groups in total. The Kier molecular flexibility index (Phi) is 5.23. The summed E-state index contributed by atoms with van der Waals surface area (Å²) in [6, 6.07) is 1.52. The highest BCUT2D eigenvalue weighted by Gasteiger charge is 2.38. The topological polar surface area (TPSA) is 98.7 Å². The Morgan fingerprint density at radius 2 is 2.09 bits per heavy atom. The molecule has 0 aromatic carbocycles. The van der Waals surface area contributed by atoms with Crippen LogP contribution in [0.25, 0.3) is 0 Å². The van der Waals surface area contributed by atoms with Crippen LogP contribution in [0.4, 0.5) is 0 Å². The molecule has 1 aliphatic heterocycles. The number of piperidine rings is 1. The smallest absolute Gasteiger partial charge is 0.336 e. The summed E-state index contributed by atoms with van der Waals surface area (Å²) in [5.41, 5.74) is 1.22. The second-order valence-electron chi connectivity index (χ2n) is 6.33. The number of thiophene rings is 1. The number of carbonyl (C=O) groups excluding carboxylic acids is 1. The number of aryl methyl sites for hydroxylation is 2. The van der Waals surface area contributed by atoms with Gasteiger partial charge in [0.25, 0.3) is 5.91 Å². The molecule has 3 rings (SSSR count). The van der Waals surface area contributed by atoms with Crippen LogP contribution in [0.15, 0.2) is 6.07 Å². The minimum absolute atomic E-state index is 0.370. The van der Waals surface area contributed by atoms with Crippen molar-refractivity contribution in [3.63, 3.8) is 0 Å². The number of rotatable bonds is 4. The van der Waals surface area contributed by atoms with Gasteiger partial charge in [-0.1, -0.05) is 6.42 Å². The lowest BCUT2D eigenvalue weighted by Crippen LogP contribution is -2.51. The summed E-state index contributed by atoms with van der Waals surface area (Å²) in [4.78, 5) is 33.6. The van der Waals surface area contributed by atoms with Crippen LogP contribution in [0.3, 0.4) is 0 Å². The van der Waals surface area contributed by atoms with Crippen LogP contribution in [-0.2, 0) is 17.4 Å². The fourth-order valence-electron chi connectivity index (χ4n) is 3.38. The lowest BCUT2D eigenvalue weighted by Gasteiger charge is -2.32. The molecule has 2 heterocycles. The van der Waals surface area contributed by atoms with Gasteiger partial charge in [0.2, 0.25) is 0 Å². The van der Waals surface area contributed by atoms with Crippen LogP contribution < -0.4 is 10.6 Å². The molecule has 0 saturated carbocycles. The van der Waals surface area contributed by atoms with E-state index in [1.807, 2.05) is 6.07 Å². The van der Waals surface area contributed by atoms with Crippen molar-refractivity contribution in [2.75, 3.05) is 6.54 Å². The Balaban J connectivity index is 1.75. The third kappa shape index (κ3) is 4.03. The Hall–Kier alpha value is -0.720. The second kappa shape index (κ2) is 7.03. The van der Waals surface area contributed by atoms with Crippen LogP contribution in [0, 0.1) is 0 Å². The molecule has 6 nitrogen and oxygen atoms in total. The first-order chi connectivity index (χ1) is 10.9. The molecule has 0 bridgehead atoms. The molecule has 1 aliphatic carbocycles. The quantitative estimate of drug-likeness (QED) is 0.617. The Labute approximate surface area is 139 Å². The van der Waals surface area contributed by atoms with Gasteiger partial charge in [0.1, 0.15) is 5.78 Å². The summed E-state index contributed by atoms with van der Waals surface area (Å²) in [6.07, 6.45) is 6.85. The van der Waals surface area contributed by atoms with Gasteiger partial charge in [-0.25, -0.2) is 0 Å². The summed E-state index contributed by atoms with van der Waals surface area (Å²) < 4.78 is 11.8. The summed E-state index contributed by atoms with van der Waals surface area (Å²) in [5, 5.41) is 5.73. The van der Waals surface area contributed by atoms with Crippen molar-refractivity contribution in [3.05, 3.63) is 21.4 Å². The van der Waals surface area contributed by atoms with E-state index >= 15 is 0 Å². The van der Waals surface area contributed by atoms with Crippen LogP contribution in [0.2, 0.25) is 0 Å². The van der Waals surface area contributed by atoms with E-state index in [-0.39, 0.29) is 11.9 Å². The van der Waals surface area contributed by atoms with Crippen molar-refractivity contribution in [1.82, 2.24) is 10.6 Å². The van der Waals surface area contributed by atoms with E-state index < -0.39 is 13.4 Å². The van der Waals surface area contributed by atoms with Crippen molar-refractivity contribution in [2.24, 2.45) is 0 Å². The predicted molar refractivity (Wildman–Crippen MR) is 89.9 cm³/mol. The normalized spacial score (nSPS) is 23.1. The molecule has 1 amide bonds. The fourth-order valence-corrected chi connectivity index (χ4v) is 5.54. The van der Waals surface area contributed by atoms with E-state index in [0.717, 1.165) is 45.1 Å². The average molecular weight is 358 g/mol. The number of fused-ring (bicyclic) bond motifs is 1. The van der Waals surface area contributed by atoms with Crippen molar-refractivity contribution in [1.29, 1.82) is 0 Å². The van der Waals surface area contributed by atoms with Crippen molar-refractivity contribution in [3.8, 4) is 0 Å². The van der Waals surface area contributed by atoms with Crippen LogP contribution in [-0.4, -0.2) is 34.1 Å². The van der Waals surface area contributed by atoms with E-state index in [0.29, 0.717) is 11.3 Å². The molecule has 128 valence electrons. The van der Waals surface area contributed by atoms with Crippen LogP contribution in [0.1, 0.15) is 52.2 Å². The number of nitrogens with one attached hydrogen (secondary N) is 2. The summed E-state index contributed by atoms with van der Waals surface area (Å²) >= 11 is 1.46. The third-order valence-corrected chi connectivity index (χ3v) is 7.04. The van der Waals surface area contributed by atoms with Gasteiger partial charge in [-0.3, -0.25) is 9.36 Å². The van der Waals surface area contributed by atoms with Gasteiger partial charge in [-0.05, 0) is 56.7 Å². The zero-order valence-corrected chi connectivity index (χ0v) is 14.7. The number of amides is 1. The minimum Gasteiger partial charge on any atom is -0.336 e. The summed E-state index contributed by atoms with van der Waals surface area (Å²) in [6.45, 7) is 0.727. The molecule has 1 fully saturated rings. The van der Waals surface area contributed by atoms with E-state index in [4.69, 9.17) is 0 Å². The van der Waals surface area contributed by atoms with Gasteiger partial charge in [-0.15, -0.1) is 11.3 Å². The zero-order chi connectivity index (χ0) is 16.4. The van der Waals surface area contributed by atoms with Crippen molar-refractivity contribution >= 4 is 24.8 Å². The molecule has 2 aliphatic rings. The van der Waals surface area contributed by atoms with Gasteiger partial charge in [0, 0.05) is 10.9 Å². The first kappa shape index (κ1) is 17.1. The first-order valence-corrected chi connectivity index (χ1v) is 10.7. The number of carbonyl (C=O) groups is 1. The number of hydrogen-bond acceptors (Lipinski definition) is 4. The monoisotopic (exact) mass is 358 g/mol. The third-order valence-electron chi connectivity index (χ3n) is 4.59. The standard InChI is InChI=1S/C15H23N2O4PS/c18-14(13-9-10-5-1-2-7-12(10)23-13)17-15(22(19,20)21)11-6-3-4-8-16-11/h9,11,15-16H,1-8H2,(H,17,18)(H2,19,20,21).